The van der Waals surface area contributed by atoms with Crippen LogP contribution in [0, 0.1) is 0 Å². The van der Waals surface area contributed by atoms with Gasteiger partial charge < -0.3 is 10.5 Å². The minimum Gasteiger partial charge on any atom is -0.493 e. The summed E-state index contributed by atoms with van der Waals surface area (Å²) in [7, 11) is 0. The third-order valence-electron chi connectivity index (χ3n) is 3.41. The van der Waals surface area contributed by atoms with Crippen molar-refractivity contribution in [2.24, 2.45) is 5.73 Å². The van der Waals surface area contributed by atoms with Crippen LogP contribution in [0.15, 0.2) is 39.3 Å². The standard InChI is InChI=1S/C15H12Br2ClNO/c16-9-5-8-3-4-20-15(8)12(6-9)14(19)11-7-10(18)1-2-13(11)17/h1-2,5-7,14H,3-4,19H2. The van der Waals surface area contributed by atoms with Crippen LogP contribution in [0.2, 0.25) is 5.02 Å². The molecule has 0 amide bonds. The summed E-state index contributed by atoms with van der Waals surface area (Å²) in [5.74, 6) is 0.910. The van der Waals surface area contributed by atoms with Gasteiger partial charge in [0.1, 0.15) is 5.75 Å². The maximum atomic E-state index is 6.44. The van der Waals surface area contributed by atoms with Gasteiger partial charge in [-0.1, -0.05) is 43.5 Å². The third kappa shape index (κ3) is 2.62. The Bertz CT molecular complexity index is 675. The van der Waals surface area contributed by atoms with E-state index in [9.17, 15) is 0 Å². The van der Waals surface area contributed by atoms with E-state index in [1.165, 1.54) is 5.56 Å². The van der Waals surface area contributed by atoms with Crippen molar-refractivity contribution < 1.29 is 4.74 Å². The molecular formula is C15H12Br2ClNO. The molecule has 1 heterocycles. The number of benzene rings is 2. The fraction of sp³-hybridized carbons (Fsp3) is 0.200. The van der Waals surface area contributed by atoms with E-state index in [0.717, 1.165) is 32.2 Å². The number of hydrogen-bond donors (Lipinski definition) is 1. The fourth-order valence-electron chi connectivity index (χ4n) is 2.45. The number of ether oxygens (including phenoxy) is 1. The van der Waals surface area contributed by atoms with Crippen molar-refractivity contribution in [2.75, 3.05) is 6.61 Å². The van der Waals surface area contributed by atoms with Crippen LogP contribution in [0.3, 0.4) is 0 Å². The van der Waals surface area contributed by atoms with E-state index in [2.05, 4.69) is 37.9 Å². The van der Waals surface area contributed by atoms with Gasteiger partial charge in [-0.25, -0.2) is 0 Å². The van der Waals surface area contributed by atoms with Crippen molar-refractivity contribution >= 4 is 43.5 Å². The Balaban J connectivity index is 2.11. The topological polar surface area (TPSA) is 35.2 Å². The number of fused-ring (bicyclic) bond motifs is 1. The molecule has 0 spiro atoms. The molecule has 0 saturated carbocycles. The molecule has 0 bridgehead atoms. The summed E-state index contributed by atoms with van der Waals surface area (Å²) in [5, 5.41) is 0.672. The first-order valence-electron chi connectivity index (χ1n) is 6.22. The number of halogens is 3. The highest BCUT2D eigenvalue weighted by Gasteiger charge is 2.23. The van der Waals surface area contributed by atoms with E-state index >= 15 is 0 Å². The highest BCUT2D eigenvalue weighted by atomic mass is 79.9. The molecule has 2 aromatic carbocycles. The van der Waals surface area contributed by atoms with Gasteiger partial charge in [0, 0.05) is 26.0 Å². The van der Waals surface area contributed by atoms with Gasteiger partial charge in [-0.2, -0.15) is 0 Å². The first-order valence-corrected chi connectivity index (χ1v) is 8.18. The summed E-state index contributed by atoms with van der Waals surface area (Å²) in [6.07, 6.45) is 0.922. The van der Waals surface area contributed by atoms with Gasteiger partial charge in [-0.15, -0.1) is 0 Å². The highest BCUT2D eigenvalue weighted by Crippen LogP contribution is 2.39. The van der Waals surface area contributed by atoms with Crippen LogP contribution in [-0.4, -0.2) is 6.61 Å². The van der Waals surface area contributed by atoms with Gasteiger partial charge in [0.25, 0.3) is 0 Å². The van der Waals surface area contributed by atoms with E-state index in [4.69, 9.17) is 22.1 Å². The lowest BCUT2D eigenvalue weighted by Crippen LogP contribution is -2.13. The zero-order valence-electron chi connectivity index (χ0n) is 10.5. The molecule has 0 aromatic heterocycles. The van der Waals surface area contributed by atoms with Crippen LogP contribution >= 0.6 is 43.5 Å². The predicted molar refractivity (Wildman–Crippen MR) is 88.5 cm³/mol. The lowest BCUT2D eigenvalue weighted by molar-refractivity contribution is 0.352. The molecule has 104 valence electrons. The van der Waals surface area contributed by atoms with Crippen LogP contribution in [0.1, 0.15) is 22.7 Å². The summed E-state index contributed by atoms with van der Waals surface area (Å²) < 4.78 is 7.71. The van der Waals surface area contributed by atoms with Crippen molar-refractivity contribution in [2.45, 2.75) is 12.5 Å². The molecule has 20 heavy (non-hydrogen) atoms. The molecule has 1 atom stereocenters. The van der Waals surface area contributed by atoms with E-state index in [1.54, 1.807) is 0 Å². The smallest absolute Gasteiger partial charge is 0.127 e. The first kappa shape index (κ1) is 14.4. The third-order valence-corrected chi connectivity index (χ3v) is 4.82. The van der Waals surface area contributed by atoms with Crippen LogP contribution in [0.5, 0.6) is 5.75 Å². The zero-order chi connectivity index (χ0) is 14.3. The van der Waals surface area contributed by atoms with Gasteiger partial charge in [0.15, 0.2) is 0 Å². The Morgan fingerprint density at radius 3 is 2.75 bits per heavy atom. The summed E-state index contributed by atoms with van der Waals surface area (Å²) in [5.41, 5.74) is 9.57. The van der Waals surface area contributed by atoms with Crippen molar-refractivity contribution in [3.05, 3.63) is 61.0 Å². The van der Waals surface area contributed by atoms with Crippen LogP contribution in [0.25, 0.3) is 0 Å². The van der Waals surface area contributed by atoms with Crippen molar-refractivity contribution in [1.82, 2.24) is 0 Å². The summed E-state index contributed by atoms with van der Waals surface area (Å²) in [6, 6.07) is 9.46. The minimum absolute atomic E-state index is 0.285. The molecular weight excluding hydrogens is 405 g/mol. The lowest BCUT2D eigenvalue weighted by Gasteiger charge is -2.18. The fourth-order valence-corrected chi connectivity index (χ4v) is 3.65. The second-order valence-corrected chi connectivity index (χ2v) is 6.93. The minimum atomic E-state index is -0.285. The van der Waals surface area contributed by atoms with Crippen LogP contribution < -0.4 is 10.5 Å². The SMILES string of the molecule is NC(c1cc(Cl)ccc1Br)c1cc(Br)cc2c1OCC2. The maximum absolute atomic E-state index is 6.44. The lowest BCUT2D eigenvalue weighted by atomic mass is 9.96. The van der Waals surface area contributed by atoms with Crippen LogP contribution in [-0.2, 0) is 6.42 Å². The van der Waals surface area contributed by atoms with E-state index < -0.39 is 0 Å². The zero-order valence-corrected chi connectivity index (χ0v) is 14.4. The average Bonchev–Trinajstić information content (AvgIpc) is 2.87. The molecule has 1 aliphatic rings. The summed E-state index contributed by atoms with van der Waals surface area (Å²) >= 11 is 13.2. The Hall–Kier alpha value is -0.550. The molecule has 2 aromatic rings. The summed E-state index contributed by atoms with van der Waals surface area (Å²) in [4.78, 5) is 0. The van der Waals surface area contributed by atoms with E-state index in [0.29, 0.717) is 11.6 Å². The van der Waals surface area contributed by atoms with Gasteiger partial charge in [-0.05, 0) is 41.5 Å². The molecule has 0 fully saturated rings. The molecule has 2 N–H and O–H groups in total. The molecule has 1 aliphatic heterocycles. The van der Waals surface area contributed by atoms with Gasteiger partial charge in [0.05, 0.1) is 12.6 Å². The highest BCUT2D eigenvalue weighted by molar-refractivity contribution is 9.10. The van der Waals surface area contributed by atoms with Gasteiger partial charge >= 0.3 is 0 Å². The number of rotatable bonds is 2. The molecule has 0 aliphatic carbocycles. The van der Waals surface area contributed by atoms with Crippen LogP contribution in [0.4, 0.5) is 0 Å². The molecule has 0 radical (unpaired) electrons. The molecule has 2 nitrogen and oxygen atoms in total. The van der Waals surface area contributed by atoms with Crippen molar-refractivity contribution in [3.63, 3.8) is 0 Å². The Kier molecular flexibility index (Phi) is 4.09. The molecule has 5 heteroatoms. The average molecular weight is 418 g/mol. The second-order valence-electron chi connectivity index (χ2n) is 4.73. The maximum Gasteiger partial charge on any atom is 0.127 e. The number of nitrogens with two attached hydrogens (primary N) is 1. The first-order chi connectivity index (χ1) is 9.56. The summed E-state index contributed by atoms with van der Waals surface area (Å²) in [6.45, 7) is 0.711. The van der Waals surface area contributed by atoms with E-state index in [1.807, 2.05) is 24.3 Å². The Morgan fingerprint density at radius 2 is 1.95 bits per heavy atom. The molecule has 1 unspecified atom stereocenters. The van der Waals surface area contributed by atoms with Crippen molar-refractivity contribution in [1.29, 1.82) is 0 Å². The Labute approximate surface area is 139 Å². The quantitative estimate of drug-likeness (QED) is 0.758. The molecule has 0 saturated heterocycles. The molecule has 3 rings (SSSR count). The number of hydrogen-bond acceptors (Lipinski definition) is 2. The Morgan fingerprint density at radius 1 is 1.15 bits per heavy atom. The largest absolute Gasteiger partial charge is 0.493 e. The van der Waals surface area contributed by atoms with Crippen molar-refractivity contribution in [3.8, 4) is 5.75 Å². The van der Waals surface area contributed by atoms with E-state index in [-0.39, 0.29) is 6.04 Å². The second kappa shape index (κ2) is 5.68. The predicted octanol–water partition coefficient (Wildman–Crippen LogP) is 4.85. The monoisotopic (exact) mass is 415 g/mol. The van der Waals surface area contributed by atoms with Gasteiger partial charge in [-0.3, -0.25) is 0 Å². The normalized spacial score (nSPS) is 14.8. The van der Waals surface area contributed by atoms with Gasteiger partial charge in [0.2, 0.25) is 0 Å².